The first kappa shape index (κ1) is 13.0. The Morgan fingerprint density at radius 2 is 2.05 bits per heavy atom. The molecule has 0 saturated carbocycles. The van der Waals surface area contributed by atoms with Crippen LogP contribution in [0, 0.1) is 0 Å². The van der Waals surface area contributed by atoms with Crippen LogP contribution in [0.5, 0.6) is 0 Å². The van der Waals surface area contributed by atoms with E-state index in [2.05, 4.69) is 40.8 Å². The monoisotopic (exact) mass is 287 g/mol. The van der Waals surface area contributed by atoms with E-state index in [9.17, 15) is 0 Å². The van der Waals surface area contributed by atoms with Gasteiger partial charge in [0.25, 0.3) is 5.95 Å². The van der Waals surface area contributed by atoms with Crippen molar-refractivity contribution < 1.29 is 4.52 Å². The van der Waals surface area contributed by atoms with Crippen LogP contribution in [0.3, 0.4) is 0 Å². The summed E-state index contributed by atoms with van der Waals surface area (Å²) in [5.41, 5.74) is 0. The van der Waals surface area contributed by atoms with E-state index >= 15 is 0 Å². The molecule has 3 heterocycles. The third-order valence-corrected chi connectivity index (χ3v) is 2.49. The molecule has 0 radical (unpaired) electrons. The predicted molar refractivity (Wildman–Crippen MR) is 72.7 cm³/mol. The fraction of sp³-hybridized carbons (Fsp3) is 0.273. The number of nitrogens with zero attached hydrogens (tertiary/aromatic N) is 7. The molecule has 0 fully saturated rings. The highest BCUT2D eigenvalue weighted by Gasteiger charge is 2.09. The Kier molecular flexibility index (Phi) is 3.67. The highest BCUT2D eigenvalue weighted by Crippen LogP contribution is 2.09. The van der Waals surface area contributed by atoms with Gasteiger partial charge < -0.3 is 15.2 Å². The molecule has 0 amide bonds. The summed E-state index contributed by atoms with van der Waals surface area (Å²) < 4.78 is 6.47. The minimum atomic E-state index is 0.374. The van der Waals surface area contributed by atoms with Gasteiger partial charge in [-0.2, -0.15) is 24.7 Å². The van der Waals surface area contributed by atoms with Crippen molar-refractivity contribution >= 4 is 11.9 Å². The lowest BCUT2D eigenvalue weighted by molar-refractivity contribution is 0.387. The van der Waals surface area contributed by atoms with Crippen LogP contribution in [0.15, 0.2) is 29.4 Å². The number of hydrogen-bond acceptors (Lipinski definition) is 9. The first-order valence-corrected chi connectivity index (χ1v) is 6.33. The second kappa shape index (κ2) is 5.94. The molecular formula is C11H13N9O. The lowest BCUT2D eigenvalue weighted by Crippen LogP contribution is -2.12. The molecule has 0 aliphatic rings. The summed E-state index contributed by atoms with van der Waals surface area (Å²) in [6, 6.07) is 1.76. The van der Waals surface area contributed by atoms with E-state index in [0.717, 1.165) is 0 Å². The van der Waals surface area contributed by atoms with Gasteiger partial charge in [-0.05, 0) is 6.92 Å². The quantitative estimate of drug-likeness (QED) is 0.667. The van der Waals surface area contributed by atoms with E-state index in [1.165, 1.54) is 17.3 Å². The SMILES string of the molecule is CCNc1nc(NCc2ccno2)nc(-n2cncn2)n1. The van der Waals surface area contributed by atoms with Gasteiger partial charge in [-0.3, -0.25) is 0 Å². The molecule has 0 saturated heterocycles. The van der Waals surface area contributed by atoms with Crippen molar-refractivity contribution in [3.8, 4) is 5.95 Å². The topological polar surface area (TPSA) is 119 Å². The molecule has 0 unspecified atom stereocenters. The molecule has 0 spiro atoms. The zero-order valence-corrected chi connectivity index (χ0v) is 11.3. The largest absolute Gasteiger partial charge is 0.360 e. The first-order chi connectivity index (χ1) is 10.3. The maximum absolute atomic E-state index is 5.01. The van der Waals surface area contributed by atoms with Crippen molar-refractivity contribution in [3.63, 3.8) is 0 Å². The van der Waals surface area contributed by atoms with Crippen molar-refractivity contribution in [1.82, 2.24) is 34.9 Å². The lowest BCUT2D eigenvalue weighted by Gasteiger charge is -2.08. The van der Waals surface area contributed by atoms with Gasteiger partial charge in [-0.15, -0.1) is 0 Å². The average Bonchev–Trinajstić information content (AvgIpc) is 3.19. The lowest BCUT2D eigenvalue weighted by atomic mass is 10.4. The molecule has 10 nitrogen and oxygen atoms in total. The van der Waals surface area contributed by atoms with E-state index in [0.29, 0.717) is 36.7 Å². The molecule has 108 valence electrons. The summed E-state index contributed by atoms with van der Waals surface area (Å²) >= 11 is 0. The third kappa shape index (κ3) is 3.11. The summed E-state index contributed by atoms with van der Waals surface area (Å²) in [7, 11) is 0. The summed E-state index contributed by atoms with van der Waals surface area (Å²) in [4.78, 5) is 16.7. The van der Waals surface area contributed by atoms with Gasteiger partial charge in [0.2, 0.25) is 11.9 Å². The Hall–Kier alpha value is -3.04. The fourth-order valence-electron chi connectivity index (χ4n) is 1.59. The van der Waals surface area contributed by atoms with Crippen LogP contribution in [-0.2, 0) is 6.54 Å². The first-order valence-electron chi connectivity index (χ1n) is 6.33. The molecule has 0 bridgehead atoms. The van der Waals surface area contributed by atoms with Crippen LogP contribution >= 0.6 is 0 Å². The van der Waals surface area contributed by atoms with Crippen molar-refractivity contribution in [2.24, 2.45) is 0 Å². The molecule has 3 aromatic heterocycles. The second-order valence-corrected chi connectivity index (χ2v) is 3.99. The molecule has 0 aliphatic heterocycles. The molecule has 0 atom stereocenters. The van der Waals surface area contributed by atoms with Crippen LogP contribution in [0.2, 0.25) is 0 Å². The van der Waals surface area contributed by atoms with Crippen molar-refractivity contribution in [3.05, 3.63) is 30.7 Å². The highest BCUT2D eigenvalue weighted by molar-refractivity contribution is 5.37. The van der Waals surface area contributed by atoms with Crippen molar-refractivity contribution in [2.45, 2.75) is 13.5 Å². The van der Waals surface area contributed by atoms with Crippen molar-refractivity contribution in [2.75, 3.05) is 17.2 Å². The van der Waals surface area contributed by atoms with Gasteiger partial charge >= 0.3 is 0 Å². The maximum atomic E-state index is 5.01. The van der Waals surface area contributed by atoms with Crippen LogP contribution in [0.4, 0.5) is 11.9 Å². The zero-order chi connectivity index (χ0) is 14.5. The van der Waals surface area contributed by atoms with Gasteiger partial charge in [0.15, 0.2) is 5.76 Å². The molecule has 3 aromatic rings. The Labute approximate surface area is 119 Å². The van der Waals surface area contributed by atoms with Crippen LogP contribution in [0.25, 0.3) is 5.95 Å². The average molecular weight is 287 g/mol. The predicted octanol–water partition coefficient (Wildman–Crippen LogP) is 0.484. The molecule has 10 heteroatoms. The second-order valence-electron chi connectivity index (χ2n) is 3.99. The van der Waals surface area contributed by atoms with E-state index in [1.807, 2.05) is 6.92 Å². The summed E-state index contributed by atoms with van der Waals surface area (Å²) in [5.74, 6) is 1.92. The summed E-state index contributed by atoms with van der Waals surface area (Å²) in [6.45, 7) is 3.08. The van der Waals surface area contributed by atoms with Gasteiger partial charge in [-0.25, -0.2) is 4.98 Å². The highest BCUT2D eigenvalue weighted by atomic mass is 16.5. The van der Waals surface area contributed by atoms with Crippen LogP contribution < -0.4 is 10.6 Å². The Morgan fingerprint density at radius 3 is 2.71 bits per heavy atom. The molecule has 21 heavy (non-hydrogen) atoms. The fourth-order valence-corrected chi connectivity index (χ4v) is 1.59. The number of nitrogens with one attached hydrogen (secondary N) is 2. The van der Waals surface area contributed by atoms with E-state index in [1.54, 1.807) is 12.3 Å². The Morgan fingerprint density at radius 1 is 1.19 bits per heavy atom. The number of hydrogen-bond donors (Lipinski definition) is 2. The zero-order valence-electron chi connectivity index (χ0n) is 11.3. The molecule has 2 N–H and O–H groups in total. The summed E-state index contributed by atoms with van der Waals surface area (Å²) in [6.07, 6.45) is 4.51. The van der Waals surface area contributed by atoms with E-state index in [-0.39, 0.29) is 0 Å². The molecular weight excluding hydrogens is 274 g/mol. The van der Waals surface area contributed by atoms with E-state index < -0.39 is 0 Å². The Balaban J connectivity index is 1.84. The van der Waals surface area contributed by atoms with Gasteiger partial charge in [-0.1, -0.05) is 5.16 Å². The Bertz CT molecular complexity index is 680. The standard InChI is InChI=1S/C11H13N9O/c1-2-13-9-17-10(14-5-8-3-4-16-21-8)19-11(18-9)20-7-12-6-15-20/h3-4,6-7H,2,5H2,1H3,(H2,13,14,17,18,19). The number of rotatable bonds is 6. The van der Waals surface area contributed by atoms with Crippen LogP contribution in [-0.4, -0.2) is 41.4 Å². The molecule has 0 aliphatic carbocycles. The molecule has 0 aromatic carbocycles. The third-order valence-electron chi connectivity index (χ3n) is 2.49. The smallest absolute Gasteiger partial charge is 0.258 e. The number of anilines is 2. The summed E-state index contributed by atoms with van der Waals surface area (Å²) in [5, 5.41) is 13.7. The van der Waals surface area contributed by atoms with Crippen molar-refractivity contribution in [1.29, 1.82) is 0 Å². The minimum Gasteiger partial charge on any atom is -0.360 e. The van der Waals surface area contributed by atoms with Gasteiger partial charge in [0, 0.05) is 12.6 Å². The number of aromatic nitrogens is 7. The molecule has 3 rings (SSSR count). The normalized spacial score (nSPS) is 10.5. The van der Waals surface area contributed by atoms with Crippen LogP contribution in [0.1, 0.15) is 12.7 Å². The minimum absolute atomic E-state index is 0.374. The van der Waals surface area contributed by atoms with Gasteiger partial charge in [0.1, 0.15) is 12.7 Å². The maximum Gasteiger partial charge on any atom is 0.258 e. The van der Waals surface area contributed by atoms with Gasteiger partial charge in [0.05, 0.1) is 12.7 Å². The van der Waals surface area contributed by atoms with E-state index in [4.69, 9.17) is 4.52 Å².